The first-order valence-corrected chi connectivity index (χ1v) is 7.51. The summed E-state index contributed by atoms with van der Waals surface area (Å²) in [7, 11) is 3.20. The molecule has 0 spiro atoms. The molecule has 4 unspecified atom stereocenters. The fraction of sp³-hybridized carbons (Fsp3) is 0.800. The van der Waals surface area contributed by atoms with Gasteiger partial charge in [0.05, 0.1) is 17.8 Å². The summed E-state index contributed by atoms with van der Waals surface area (Å²) in [5, 5.41) is 11.9. The molecule has 1 aliphatic carbocycles. The molecule has 6 nitrogen and oxygen atoms in total. The van der Waals surface area contributed by atoms with Crippen LogP contribution in [0.1, 0.15) is 33.1 Å². The maximum Gasteiger partial charge on any atom is 0.307 e. The van der Waals surface area contributed by atoms with E-state index in [1.54, 1.807) is 21.0 Å². The Balaban J connectivity index is 2.72. The lowest BCUT2D eigenvalue weighted by molar-refractivity contribution is -0.149. The molecule has 120 valence electrons. The second-order valence-corrected chi connectivity index (χ2v) is 6.03. The van der Waals surface area contributed by atoms with Gasteiger partial charge >= 0.3 is 5.97 Å². The van der Waals surface area contributed by atoms with Crippen LogP contribution in [0.25, 0.3) is 0 Å². The van der Waals surface area contributed by atoms with Crippen LogP contribution in [0.15, 0.2) is 0 Å². The Bertz CT molecular complexity index is 410. The average Bonchev–Trinajstić information content (AvgIpc) is 2.89. The normalized spacial score (nSPS) is 26.2. The first-order chi connectivity index (χ1) is 9.81. The van der Waals surface area contributed by atoms with Crippen molar-refractivity contribution in [2.45, 2.75) is 33.1 Å². The summed E-state index contributed by atoms with van der Waals surface area (Å²) in [6, 6.07) is 0. The van der Waals surface area contributed by atoms with Gasteiger partial charge in [-0.3, -0.25) is 14.4 Å². The van der Waals surface area contributed by atoms with Crippen molar-refractivity contribution in [1.82, 2.24) is 10.2 Å². The predicted octanol–water partition coefficient (Wildman–Crippen LogP) is 0.964. The Hall–Kier alpha value is -1.59. The number of nitrogens with one attached hydrogen (secondary N) is 1. The molecule has 4 atom stereocenters. The minimum Gasteiger partial charge on any atom is -0.481 e. The van der Waals surface area contributed by atoms with E-state index in [1.165, 1.54) is 4.90 Å². The lowest BCUT2D eigenvalue weighted by Gasteiger charge is -2.25. The van der Waals surface area contributed by atoms with E-state index in [4.69, 9.17) is 0 Å². The van der Waals surface area contributed by atoms with Crippen LogP contribution in [-0.4, -0.2) is 48.4 Å². The number of rotatable bonds is 6. The molecule has 0 aromatic rings. The third kappa shape index (κ3) is 4.19. The number of hydrogen-bond donors (Lipinski definition) is 2. The summed E-state index contributed by atoms with van der Waals surface area (Å²) in [5.41, 5.74) is 0. The van der Waals surface area contributed by atoms with E-state index < -0.39 is 17.8 Å². The molecule has 0 aromatic carbocycles. The van der Waals surface area contributed by atoms with Gasteiger partial charge < -0.3 is 15.3 Å². The van der Waals surface area contributed by atoms with Crippen LogP contribution in [0.2, 0.25) is 0 Å². The molecule has 0 saturated heterocycles. The van der Waals surface area contributed by atoms with E-state index >= 15 is 0 Å². The predicted molar refractivity (Wildman–Crippen MR) is 78.5 cm³/mol. The molecule has 2 amide bonds. The van der Waals surface area contributed by atoms with Gasteiger partial charge in [-0.2, -0.15) is 0 Å². The number of amides is 2. The van der Waals surface area contributed by atoms with E-state index in [-0.39, 0.29) is 17.7 Å². The molecule has 0 radical (unpaired) electrons. The van der Waals surface area contributed by atoms with Crippen molar-refractivity contribution in [3.05, 3.63) is 0 Å². The molecule has 6 heteroatoms. The van der Waals surface area contributed by atoms with Gasteiger partial charge in [-0.1, -0.05) is 20.3 Å². The molecule has 1 fully saturated rings. The van der Waals surface area contributed by atoms with Gasteiger partial charge in [-0.15, -0.1) is 0 Å². The molecular formula is C15H26N2O4. The van der Waals surface area contributed by atoms with Crippen LogP contribution in [0.4, 0.5) is 0 Å². The Morgan fingerprint density at radius 2 is 1.86 bits per heavy atom. The highest BCUT2D eigenvalue weighted by molar-refractivity contribution is 5.86. The van der Waals surface area contributed by atoms with Crippen molar-refractivity contribution in [3.8, 4) is 0 Å². The van der Waals surface area contributed by atoms with Crippen LogP contribution >= 0.6 is 0 Å². The van der Waals surface area contributed by atoms with Crippen molar-refractivity contribution in [2.75, 3.05) is 20.6 Å². The second-order valence-electron chi connectivity index (χ2n) is 6.03. The van der Waals surface area contributed by atoms with Crippen molar-refractivity contribution >= 4 is 17.8 Å². The summed E-state index contributed by atoms with van der Waals surface area (Å²) in [4.78, 5) is 36.9. The molecule has 0 aliphatic heterocycles. The largest absolute Gasteiger partial charge is 0.481 e. The van der Waals surface area contributed by atoms with E-state index in [9.17, 15) is 19.5 Å². The van der Waals surface area contributed by atoms with Crippen molar-refractivity contribution in [1.29, 1.82) is 0 Å². The van der Waals surface area contributed by atoms with E-state index in [1.807, 2.05) is 6.92 Å². The Morgan fingerprint density at radius 3 is 2.33 bits per heavy atom. The van der Waals surface area contributed by atoms with E-state index in [2.05, 4.69) is 5.32 Å². The third-order valence-electron chi connectivity index (χ3n) is 4.49. The summed E-state index contributed by atoms with van der Waals surface area (Å²) >= 11 is 0. The number of carboxylic acids is 1. The molecule has 1 saturated carbocycles. The molecule has 0 heterocycles. The van der Waals surface area contributed by atoms with Crippen LogP contribution in [0.3, 0.4) is 0 Å². The van der Waals surface area contributed by atoms with Crippen LogP contribution in [0, 0.1) is 23.7 Å². The van der Waals surface area contributed by atoms with Crippen LogP contribution < -0.4 is 5.32 Å². The fourth-order valence-corrected chi connectivity index (χ4v) is 3.14. The Kier molecular flexibility index (Phi) is 6.18. The highest BCUT2D eigenvalue weighted by atomic mass is 16.4. The van der Waals surface area contributed by atoms with Crippen molar-refractivity contribution < 1.29 is 19.5 Å². The zero-order valence-electron chi connectivity index (χ0n) is 13.3. The number of aliphatic carboxylic acids is 1. The quantitative estimate of drug-likeness (QED) is 0.765. The lowest BCUT2D eigenvalue weighted by Crippen LogP contribution is -2.41. The van der Waals surface area contributed by atoms with E-state index in [0.717, 1.165) is 6.42 Å². The minimum atomic E-state index is -0.892. The molecule has 2 N–H and O–H groups in total. The molecule has 1 rings (SSSR count). The van der Waals surface area contributed by atoms with Gasteiger partial charge in [-0.05, 0) is 18.8 Å². The topological polar surface area (TPSA) is 86.7 Å². The maximum atomic E-state index is 12.5. The monoisotopic (exact) mass is 298 g/mol. The molecular weight excluding hydrogens is 272 g/mol. The Morgan fingerprint density at radius 1 is 1.29 bits per heavy atom. The van der Waals surface area contributed by atoms with Crippen LogP contribution in [0.5, 0.6) is 0 Å². The first kappa shape index (κ1) is 17.5. The smallest absolute Gasteiger partial charge is 0.307 e. The second kappa shape index (κ2) is 7.43. The number of hydrogen-bond acceptors (Lipinski definition) is 3. The van der Waals surface area contributed by atoms with Crippen molar-refractivity contribution in [2.24, 2.45) is 23.7 Å². The lowest BCUT2D eigenvalue weighted by atomic mass is 9.94. The highest BCUT2D eigenvalue weighted by Gasteiger charge is 2.43. The zero-order valence-corrected chi connectivity index (χ0v) is 13.3. The average molecular weight is 298 g/mol. The number of carbonyl (C=O) groups excluding carboxylic acids is 2. The third-order valence-corrected chi connectivity index (χ3v) is 4.49. The standard InChI is InChI=1S/C15H26N2O4/c1-5-10-6-11(12(7-10)15(20)21)14(19)17(4)8-9(2)13(18)16-3/h9-12H,5-8H2,1-4H3,(H,16,18)(H,20,21). The van der Waals surface area contributed by atoms with Gasteiger partial charge in [0.25, 0.3) is 0 Å². The summed E-state index contributed by atoms with van der Waals surface area (Å²) < 4.78 is 0. The highest BCUT2D eigenvalue weighted by Crippen LogP contribution is 2.39. The summed E-state index contributed by atoms with van der Waals surface area (Å²) in [6.45, 7) is 4.08. The summed E-state index contributed by atoms with van der Waals surface area (Å²) in [5.74, 6) is -2.25. The molecule has 0 bridgehead atoms. The molecule has 21 heavy (non-hydrogen) atoms. The first-order valence-electron chi connectivity index (χ1n) is 7.51. The van der Waals surface area contributed by atoms with Gasteiger partial charge in [0.1, 0.15) is 0 Å². The summed E-state index contributed by atoms with van der Waals surface area (Å²) in [6.07, 6.45) is 2.10. The van der Waals surface area contributed by atoms with Crippen molar-refractivity contribution in [3.63, 3.8) is 0 Å². The SMILES string of the molecule is CCC1CC(C(=O)O)C(C(=O)N(C)CC(C)C(=O)NC)C1. The van der Waals surface area contributed by atoms with Gasteiger partial charge in [0.15, 0.2) is 0 Å². The van der Waals surface area contributed by atoms with Gasteiger partial charge in [0, 0.05) is 20.6 Å². The Labute approximate surface area is 125 Å². The number of carbonyl (C=O) groups is 3. The molecule has 1 aliphatic rings. The minimum absolute atomic E-state index is 0.123. The van der Waals surface area contributed by atoms with E-state index in [0.29, 0.717) is 25.3 Å². The fourth-order valence-electron chi connectivity index (χ4n) is 3.14. The van der Waals surface area contributed by atoms with Crippen LogP contribution in [-0.2, 0) is 14.4 Å². The van der Waals surface area contributed by atoms with Gasteiger partial charge in [0.2, 0.25) is 11.8 Å². The maximum absolute atomic E-state index is 12.5. The number of carboxylic acid groups (broad SMARTS) is 1. The zero-order chi connectivity index (χ0) is 16.2. The molecule has 0 aromatic heterocycles. The number of nitrogens with zero attached hydrogens (tertiary/aromatic N) is 1. The van der Waals surface area contributed by atoms with Gasteiger partial charge in [-0.25, -0.2) is 0 Å².